The van der Waals surface area contributed by atoms with Crippen LogP contribution in [0.4, 0.5) is 0 Å². The largest absolute Gasteiger partial charge is 0.388 e. The maximum absolute atomic E-state index is 10.2. The van der Waals surface area contributed by atoms with E-state index in [1.165, 1.54) is 25.7 Å². The molecule has 0 aromatic carbocycles. The lowest BCUT2D eigenvalue weighted by Gasteiger charge is -2.31. The third-order valence-corrected chi connectivity index (χ3v) is 4.14. The van der Waals surface area contributed by atoms with Crippen molar-refractivity contribution in [3.63, 3.8) is 0 Å². The minimum atomic E-state index is -0.606. The third kappa shape index (κ3) is 2.96. The lowest BCUT2D eigenvalue weighted by atomic mass is 9.94. The number of hydrogen-bond donors (Lipinski definition) is 2. The van der Waals surface area contributed by atoms with Gasteiger partial charge in [0.15, 0.2) is 0 Å². The lowest BCUT2D eigenvalue weighted by Crippen LogP contribution is -2.49. The first-order chi connectivity index (χ1) is 7.46. The SMILES string of the molecule is CN(C)CC(C)(O)CNC1CC2CCC1C2. The van der Waals surface area contributed by atoms with Gasteiger partial charge in [0.2, 0.25) is 0 Å². The number of rotatable bonds is 5. The first kappa shape index (κ1) is 12.3. The normalized spacial score (nSPS) is 36.9. The zero-order chi connectivity index (χ0) is 11.8. The van der Waals surface area contributed by atoms with Crippen LogP contribution in [0.3, 0.4) is 0 Å². The van der Waals surface area contributed by atoms with Crippen LogP contribution in [0.2, 0.25) is 0 Å². The molecule has 3 heteroatoms. The van der Waals surface area contributed by atoms with E-state index in [1.54, 1.807) is 0 Å². The van der Waals surface area contributed by atoms with Crippen molar-refractivity contribution >= 4 is 0 Å². The predicted molar refractivity (Wildman–Crippen MR) is 66.4 cm³/mol. The Morgan fingerprint density at radius 3 is 2.56 bits per heavy atom. The number of fused-ring (bicyclic) bond motifs is 2. The van der Waals surface area contributed by atoms with Crippen LogP contribution < -0.4 is 5.32 Å². The monoisotopic (exact) mass is 226 g/mol. The van der Waals surface area contributed by atoms with E-state index >= 15 is 0 Å². The van der Waals surface area contributed by atoms with Crippen LogP contribution in [0, 0.1) is 11.8 Å². The van der Waals surface area contributed by atoms with Crippen LogP contribution in [-0.2, 0) is 0 Å². The average molecular weight is 226 g/mol. The molecule has 2 N–H and O–H groups in total. The van der Waals surface area contributed by atoms with Gasteiger partial charge in [-0.2, -0.15) is 0 Å². The standard InChI is InChI=1S/C13H26N2O/c1-13(16,9-15(2)3)8-14-12-7-10-4-5-11(12)6-10/h10-12,14,16H,4-9H2,1-3H3. The van der Waals surface area contributed by atoms with Crippen LogP contribution in [0.1, 0.15) is 32.6 Å². The Balaban J connectivity index is 1.74. The van der Waals surface area contributed by atoms with Crippen LogP contribution in [0.25, 0.3) is 0 Å². The molecule has 2 bridgehead atoms. The summed E-state index contributed by atoms with van der Waals surface area (Å²) in [5, 5.41) is 13.8. The molecule has 0 heterocycles. The van der Waals surface area contributed by atoms with E-state index in [9.17, 15) is 5.11 Å². The Hall–Kier alpha value is -0.120. The summed E-state index contributed by atoms with van der Waals surface area (Å²) < 4.78 is 0. The van der Waals surface area contributed by atoms with Crippen molar-refractivity contribution in [1.29, 1.82) is 0 Å². The molecule has 2 saturated carbocycles. The van der Waals surface area contributed by atoms with Gasteiger partial charge < -0.3 is 15.3 Å². The third-order valence-electron chi connectivity index (χ3n) is 4.14. The fourth-order valence-electron chi connectivity index (χ4n) is 3.58. The summed E-state index contributed by atoms with van der Waals surface area (Å²) in [7, 11) is 4.01. The smallest absolute Gasteiger partial charge is 0.0869 e. The molecule has 2 aliphatic rings. The highest BCUT2D eigenvalue weighted by Gasteiger charge is 2.39. The highest BCUT2D eigenvalue weighted by molar-refractivity contribution is 4.95. The minimum absolute atomic E-state index is 0.606. The molecule has 4 atom stereocenters. The summed E-state index contributed by atoms with van der Waals surface area (Å²) in [4.78, 5) is 2.04. The average Bonchev–Trinajstić information content (AvgIpc) is 2.73. The van der Waals surface area contributed by atoms with Crippen molar-refractivity contribution < 1.29 is 5.11 Å². The number of aliphatic hydroxyl groups is 1. The second-order valence-corrected chi connectivity index (χ2v) is 6.40. The summed E-state index contributed by atoms with van der Waals surface area (Å²) in [5.74, 6) is 1.86. The molecule has 2 fully saturated rings. The van der Waals surface area contributed by atoms with E-state index in [-0.39, 0.29) is 0 Å². The molecule has 0 amide bonds. The van der Waals surface area contributed by atoms with Crippen molar-refractivity contribution in [2.45, 2.75) is 44.2 Å². The summed E-state index contributed by atoms with van der Waals surface area (Å²) in [6.45, 7) is 3.37. The van der Waals surface area contributed by atoms with Gasteiger partial charge >= 0.3 is 0 Å². The summed E-state index contributed by atoms with van der Waals surface area (Å²) in [6.07, 6.45) is 5.60. The van der Waals surface area contributed by atoms with Gasteiger partial charge in [0.1, 0.15) is 0 Å². The van der Waals surface area contributed by atoms with Gasteiger partial charge in [-0.15, -0.1) is 0 Å². The quantitative estimate of drug-likeness (QED) is 0.736. The van der Waals surface area contributed by atoms with Gasteiger partial charge in [0.25, 0.3) is 0 Å². The topological polar surface area (TPSA) is 35.5 Å². The van der Waals surface area contributed by atoms with E-state index in [1.807, 2.05) is 25.9 Å². The molecule has 2 aliphatic carbocycles. The second-order valence-electron chi connectivity index (χ2n) is 6.40. The maximum atomic E-state index is 10.2. The van der Waals surface area contributed by atoms with Gasteiger partial charge in [-0.3, -0.25) is 0 Å². The molecule has 16 heavy (non-hydrogen) atoms. The van der Waals surface area contributed by atoms with Crippen LogP contribution in [0.15, 0.2) is 0 Å². The second kappa shape index (κ2) is 4.63. The zero-order valence-corrected chi connectivity index (χ0v) is 10.9. The van der Waals surface area contributed by atoms with E-state index < -0.39 is 5.60 Å². The maximum Gasteiger partial charge on any atom is 0.0869 e. The molecule has 94 valence electrons. The van der Waals surface area contributed by atoms with Crippen LogP contribution in [0.5, 0.6) is 0 Å². The molecule has 0 saturated heterocycles. The Labute approximate surface area is 99.2 Å². The minimum Gasteiger partial charge on any atom is -0.388 e. The molecule has 0 aromatic rings. The molecule has 0 aliphatic heterocycles. The van der Waals surface area contributed by atoms with Gasteiger partial charge in [-0.1, -0.05) is 6.42 Å². The van der Waals surface area contributed by atoms with E-state index in [4.69, 9.17) is 0 Å². The Bertz CT molecular complexity index is 240. The molecule has 3 nitrogen and oxygen atoms in total. The summed E-state index contributed by atoms with van der Waals surface area (Å²) in [5.41, 5.74) is -0.606. The molecule has 0 aromatic heterocycles. The van der Waals surface area contributed by atoms with Crippen molar-refractivity contribution in [3.05, 3.63) is 0 Å². The molecule has 0 radical (unpaired) electrons. The van der Waals surface area contributed by atoms with Crippen molar-refractivity contribution in [1.82, 2.24) is 10.2 Å². The van der Waals surface area contributed by atoms with E-state index in [0.717, 1.165) is 24.9 Å². The van der Waals surface area contributed by atoms with Crippen molar-refractivity contribution in [2.24, 2.45) is 11.8 Å². The van der Waals surface area contributed by atoms with Crippen LogP contribution in [-0.4, -0.2) is 48.8 Å². The number of hydrogen-bond acceptors (Lipinski definition) is 3. The fraction of sp³-hybridized carbons (Fsp3) is 1.00. The van der Waals surface area contributed by atoms with Gasteiger partial charge in [-0.25, -0.2) is 0 Å². The molecule has 0 spiro atoms. The molecule has 4 unspecified atom stereocenters. The Morgan fingerprint density at radius 1 is 1.31 bits per heavy atom. The molecular weight excluding hydrogens is 200 g/mol. The van der Waals surface area contributed by atoms with E-state index in [2.05, 4.69) is 5.32 Å². The fourth-order valence-corrected chi connectivity index (χ4v) is 3.58. The Kier molecular flexibility index (Phi) is 3.57. The van der Waals surface area contributed by atoms with Crippen molar-refractivity contribution in [2.75, 3.05) is 27.2 Å². The van der Waals surface area contributed by atoms with Crippen molar-refractivity contribution in [3.8, 4) is 0 Å². The highest BCUT2D eigenvalue weighted by Crippen LogP contribution is 2.44. The number of nitrogens with one attached hydrogen (secondary N) is 1. The zero-order valence-electron chi connectivity index (χ0n) is 10.9. The number of nitrogens with zero attached hydrogens (tertiary/aromatic N) is 1. The Morgan fingerprint density at radius 2 is 2.06 bits per heavy atom. The van der Waals surface area contributed by atoms with E-state index in [0.29, 0.717) is 6.04 Å². The summed E-state index contributed by atoms with van der Waals surface area (Å²) in [6, 6.07) is 0.674. The molecular formula is C13H26N2O. The molecule has 2 rings (SSSR count). The summed E-state index contributed by atoms with van der Waals surface area (Å²) >= 11 is 0. The highest BCUT2D eigenvalue weighted by atomic mass is 16.3. The predicted octanol–water partition coefficient (Wildman–Crippen LogP) is 1.08. The van der Waals surface area contributed by atoms with Gasteiger partial charge in [0, 0.05) is 19.1 Å². The first-order valence-electron chi connectivity index (χ1n) is 6.57. The number of likely N-dealkylation sites (N-methyl/N-ethyl adjacent to an activating group) is 1. The van der Waals surface area contributed by atoms with Gasteiger partial charge in [0.05, 0.1) is 5.60 Å². The van der Waals surface area contributed by atoms with Gasteiger partial charge in [-0.05, 0) is 52.1 Å². The van der Waals surface area contributed by atoms with Crippen LogP contribution >= 0.6 is 0 Å². The lowest BCUT2D eigenvalue weighted by molar-refractivity contribution is 0.0295. The first-order valence-corrected chi connectivity index (χ1v) is 6.57.